The Bertz CT molecular complexity index is 1090. The van der Waals surface area contributed by atoms with E-state index in [0.717, 1.165) is 29.7 Å². The van der Waals surface area contributed by atoms with Crippen molar-refractivity contribution in [1.82, 2.24) is 9.88 Å². The van der Waals surface area contributed by atoms with Crippen molar-refractivity contribution < 1.29 is 14.3 Å². The molecular formula is C25H25N3O3. The van der Waals surface area contributed by atoms with Crippen molar-refractivity contribution in [2.75, 3.05) is 31.1 Å². The highest BCUT2D eigenvalue weighted by molar-refractivity contribution is 5.90. The molecule has 0 radical (unpaired) electrons. The zero-order valence-electron chi connectivity index (χ0n) is 17.5. The molecule has 6 heteroatoms. The molecular weight excluding hydrogens is 390 g/mol. The van der Waals surface area contributed by atoms with Crippen LogP contribution in [0.2, 0.25) is 0 Å². The summed E-state index contributed by atoms with van der Waals surface area (Å²) in [6.45, 7) is 4.33. The lowest BCUT2D eigenvalue weighted by Gasteiger charge is -2.36. The van der Waals surface area contributed by atoms with Crippen molar-refractivity contribution >= 4 is 34.5 Å². The average Bonchev–Trinajstić information content (AvgIpc) is 2.82. The summed E-state index contributed by atoms with van der Waals surface area (Å²) in [4.78, 5) is 33.4. The van der Waals surface area contributed by atoms with Crippen LogP contribution in [0.15, 0.2) is 72.8 Å². The molecule has 3 aromatic rings. The number of amides is 1. The molecule has 6 nitrogen and oxygen atoms in total. The summed E-state index contributed by atoms with van der Waals surface area (Å²) < 4.78 is 5.33. The second kappa shape index (κ2) is 9.43. The van der Waals surface area contributed by atoms with Crippen molar-refractivity contribution in [3.8, 4) is 0 Å². The van der Waals surface area contributed by atoms with Gasteiger partial charge in [-0.05, 0) is 37.3 Å². The van der Waals surface area contributed by atoms with Gasteiger partial charge in [0.25, 0.3) is 5.91 Å². The molecule has 0 bridgehead atoms. The lowest BCUT2D eigenvalue weighted by molar-refractivity contribution is -0.155. The lowest BCUT2D eigenvalue weighted by Crippen LogP contribution is -2.51. The summed E-state index contributed by atoms with van der Waals surface area (Å²) in [5, 5.41) is 1.04. The van der Waals surface area contributed by atoms with Gasteiger partial charge in [-0.2, -0.15) is 0 Å². The van der Waals surface area contributed by atoms with Crippen LogP contribution in [-0.2, 0) is 14.3 Å². The predicted molar refractivity (Wildman–Crippen MR) is 122 cm³/mol. The highest BCUT2D eigenvalue weighted by Gasteiger charge is 2.26. The molecule has 0 unspecified atom stereocenters. The number of rotatable bonds is 5. The molecule has 1 fully saturated rings. The van der Waals surface area contributed by atoms with E-state index in [4.69, 9.17) is 4.74 Å². The number of anilines is 1. The first-order valence-electron chi connectivity index (χ1n) is 10.4. The molecule has 0 aliphatic carbocycles. The van der Waals surface area contributed by atoms with Gasteiger partial charge in [-0.3, -0.25) is 4.79 Å². The first-order valence-corrected chi connectivity index (χ1v) is 10.4. The van der Waals surface area contributed by atoms with Gasteiger partial charge in [0.15, 0.2) is 6.10 Å². The fourth-order valence-electron chi connectivity index (χ4n) is 3.67. The molecule has 31 heavy (non-hydrogen) atoms. The van der Waals surface area contributed by atoms with Gasteiger partial charge in [0.05, 0.1) is 11.2 Å². The third kappa shape index (κ3) is 5.09. The van der Waals surface area contributed by atoms with Crippen molar-refractivity contribution in [3.63, 3.8) is 0 Å². The maximum atomic E-state index is 12.7. The standard InChI is InChI=1S/C25H25N3O3/c1-19(25(30)28-17-15-27(16-18-28)22-8-3-2-4-9-22)31-24(29)14-13-21-12-11-20-7-5-6-10-23(20)26-21/h2-14,19H,15-18H2,1H3/b14-13+/t19-/m1/s1. The number of carbonyl (C=O) groups excluding carboxylic acids is 2. The molecule has 2 aromatic carbocycles. The van der Waals surface area contributed by atoms with E-state index in [1.165, 1.54) is 6.08 Å². The van der Waals surface area contributed by atoms with Crippen molar-refractivity contribution in [2.24, 2.45) is 0 Å². The Morgan fingerprint density at radius 2 is 1.65 bits per heavy atom. The summed E-state index contributed by atoms with van der Waals surface area (Å²) in [7, 11) is 0. The second-order valence-electron chi connectivity index (χ2n) is 7.49. The number of nitrogens with zero attached hydrogens (tertiary/aromatic N) is 3. The van der Waals surface area contributed by atoms with Crippen LogP contribution >= 0.6 is 0 Å². The molecule has 0 spiro atoms. The van der Waals surface area contributed by atoms with Gasteiger partial charge in [-0.25, -0.2) is 9.78 Å². The molecule has 158 valence electrons. The normalized spacial score (nSPS) is 15.3. The number of carbonyl (C=O) groups is 2. The van der Waals surface area contributed by atoms with Crippen molar-refractivity contribution in [2.45, 2.75) is 13.0 Å². The fraction of sp³-hybridized carbons (Fsp3) is 0.240. The van der Waals surface area contributed by atoms with Crippen LogP contribution in [-0.4, -0.2) is 54.0 Å². The summed E-state index contributed by atoms with van der Waals surface area (Å²) in [5.41, 5.74) is 2.67. The first-order chi connectivity index (χ1) is 15.1. The van der Waals surface area contributed by atoms with Crippen LogP contribution in [0.4, 0.5) is 5.69 Å². The van der Waals surface area contributed by atoms with Crippen LogP contribution in [0.1, 0.15) is 12.6 Å². The fourth-order valence-corrected chi connectivity index (χ4v) is 3.67. The lowest BCUT2D eigenvalue weighted by atomic mass is 10.2. The largest absolute Gasteiger partial charge is 0.449 e. The van der Waals surface area contributed by atoms with E-state index in [2.05, 4.69) is 22.0 Å². The van der Waals surface area contributed by atoms with E-state index in [1.807, 2.05) is 54.6 Å². The molecule has 1 aliphatic rings. The molecule has 1 aromatic heterocycles. The molecule has 1 atom stereocenters. The number of para-hydroxylation sites is 2. The Kier molecular flexibility index (Phi) is 6.26. The quantitative estimate of drug-likeness (QED) is 0.471. The number of pyridine rings is 1. The minimum Gasteiger partial charge on any atom is -0.449 e. The number of piperazine rings is 1. The number of aromatic nitrogens is 1. The second-order valence-corrected chi connectivity index (χ2v) is 7.49. The van der Waals surface area contributed by atoms with Crippen molar-refractivity contribution in [1.29, 1.82) is 0 Å². The third-order valence-corrected chi connectivity index (χ3v) is 5.36. The Morgan fingerprint density at radius 1 is 0.935 bits per heavy atom. The third-order valence-electron chi connectivity index (χ3n) is 5.36. The predicted octanol–water partition coefficient (Wildman–Crippen LogP) is 3.53. The zero-order valence-corrected chi connectivity index (χ0v) is 17.5. The number of ether oxygens (including phenoxy) is 1. The highest BCUT2D eigenvalue weighted by atomic mass is 16.5. The summed E-state index contributed by atoms with van der Waals surface area (Å²) in [6, 6.07) is 21.7. The van der Waals surface area contributed by atoms with E-state index in [0.29, 0.717) is 18.8 Å². The molecule has 2 heterocycles. The van der Waals surface area contributed by atoms with Gasteiger partial charge in [-0.1, -0.05) is 42.5 Å². The molecule has 0 N–H and O–H groups in total. The topological polar surface area (TPSA) is 62.7 Å². The summed E-state index contributed by atoms with van der Waals surface area (Å²) in [6.07, 6.45) is 2.09. The van der Waals surface area contributed by atoms with Gasteiger partial charge in [0.1, 0.15) is 0 Å². The minimum atomic E-state index is -0.829. The van der Waals surface area contributed by atoms with Gasteiger partial charge in [0, 0.05) is 43.3 Å². The van der Waals surface area contributed by atoms with Crippen molar-refractivity contribution in [3.05, 3.63) is 78.5 Å². The van der Waals surface area contributed by atoms with E-state index < -0.39 is 12.1 Å². The van der Waals surface area contributed by atoms with Gasteiger partial charge < -0.3 is 14.5 Å². The van der Waals surface area contributed by atoms with Gasteiger partial charge >= 0.3 is 5.97 Å². The van der Waals surface area contributed by atoms with E-state index in [-0.39, 0.29) is 5.91 Å². The molecule has 1 saturated heterocycles. The number of fused-ring (bicyclic) bond motifs is 1. The van der Waals surface area contributed by atoms with Crippen LogP contribution < -0.4 is 4.90 Å². The number of hydrogen-bond donors (Lipinski definition) is 0. The SMILES string of the molecule is C[C@@H](OC(=O)/C=C/c1ccc2ccccc2n1)C(=O)N1CCN(c2ccccc2)CC1. The molecule has 1 aliphatic heterocycles. The van der Waals surface area contributed by atoms with Crippen LogP contribution in [0.3, 0.4) is 0 Å². The number of hydrogen-bond acceptors (Lipinski definition) is 5. The Labute approximate surface area is 181 Å². The van der Waals surface area contributed by atoms with Gasteiger partial charge in [0.2, 0.25) is 0 Å². The van der Waals surface area contributed by atoms with E-state index >= 15 is 0 Å². The zero-order chi connectivity index (χ0) is 21.6. The molecule has 4 rings (SSSR count). The van der Waals surface area contributed by atoms with E-state index in [1.54, 1.807) is 17.9 Å². The maximum Gasteiger partial charge on any atom is 0.331 e. The molecule has 1 amide bonds. The van der Waals surface area contributed by atoms with Crippen LogP contribution in [0, 0.1) is 0 Å². The summed E-state index contributed by atoms with van der Waals surface area (Å²) >= 11 is 0. The number of esters is 1. The Hall–Kier alpha value is -3.67. The average molecular weight is 415 g/mol. The first kappa shape index (κ1) is 20.6. The van der Waals surface area contributed by atoms with E-state index in [9.17, 15) is 9.59 Å². The monoisotopic (exact) mass is 415 g/mol. The Morgan fingerprint density at radius 3 is 2.42 bits per heavy atom. The van der Waals surface area contributed by atoms with Gasteiger partial charge in [-0.15, -0.1) is 0 Å². The molecule has 0 saturated carbocycles. The number of benzene rings is 2. The highest BCUT2D eigenvalue weighted by Crippen LogP contribution is 2.16. The summed E-state index contributed by atoms with van der Waals surface area (Å²) in [5.74, 6) is -0.725. The van der Waals surface area contributed by atoms with Crippen LogP contribution in [0.5, 0.6) is 0 Å². The smallest absolute Gasteiger partial charge is 0.331 e. The Balaban J connectivity index is 1.29. The maximum absolute atomic E-state index is 12.7. The minimum absolute atomic E-state index is 0.168. The van der Waals surface area contributed by atoms with Crippen LogP contribution in [0.25, 0.3) is 17.0 Å².